The third-order valence-corrected chi connectivity index (χ3v) is 5.21. The van der Waals surface area contributed by atoms with Gasteiger partial charge in [-0.25, -0.2) is 13.8 Å². The summed E-state index contributed by atoms with van der Waals surface area (Å²) in [6.07, 6.45) is -0.791. The lowest BCUT2D eigenvalue weighted by Gasteiger charge is -2.19. The van der Waals surface area contributed by atoms with Gasteiger partial charge >= 0.3 is 0 Å². The number of hydrogen-bond acceptors (Lipinski definition) is 9. The fraction of sp³-hybridized carbons (Fsp3) is 0.136. The van der Waals surface area contributed by atoms with E-state index in [-0.39, 0.29) is 57.2 Å². The van der Waals surface area contributed by atoms with Crippen LogP contribution in [0, 0.1) is 23.0 Å². The quantitative estimate of drug-likeness (QED) is 0.339. The minimum atomic E-state index is -0.879. The molecular formula is C22H17ClF2N8O2. The van der Waals surface area contributed by atoms with Gasteiger partial charge in [0.25, 0.3) is 5.56 Å². The summed E-state index contributed by atoms with van der Waals surface area (Å²) in [4.78, 5) is 25.5. The van der Waals surface area contributed by atoms with E-state index >= 15 is 0 Å². The molecule has 10 nitrogen and oxygen atoms in total. The van der Waals surface area contributed by atoms with E-state index in [2.05, 4.69) is 20.3 Å². The second-order valence-electron chi connectivity index (χ2n) is 7.33. The third kappa shape index (κ3) is 4.81. The largest absolute Gasteiger partial charge is 0.382 e. The first-order chi connectivity index (χ1) is 16.7. The van der Waals surface area contributed by atoms with Gasteiger partial charge in [0, 0.05) is 6.07 Å². The summed E-state index contributed by atoms with van der Waals surface area (Å²) >= 11 is 6.21. The molecule has 1 unspecified atom stereocenters. The van der Waals surface area contributed by atoms with E-state index < -0.39 is 23.4 Å². The first-order valence-electron chi connectivity index (χ1n) is 10.1. The molecule has 1 atom stereocenters. The Hall–Kier alpha value is -4.34. The van der Waals surface area contributed by atoms with Crippen molar-refractivity contribution in [3.05, 3.63) is 74.8 Å². The highest BCUT2D eigenvalue weighted by Gasteiger charge is 2.18. The zero-order valence-corrected chi connectivity index (χ0v) is 18.8. The highest BCUT2D eigenvalue weighted by Crippen LogP contribution is 2.23. The fourth-order valence-corrected chi connectivity index (χ4v) is 3.66. The highest BCUT2D eigenvalue weighted by molar-refractivity contribution is 6.35. The summed E-state index contributed by atoms with van der Waals surface area (Å²) in [7, 11) is 0. The molecule has 13 heteroatoms. The second kappa shape index (κ2) is 9.49. The van der Waals surface area contributed by atoms with E-state index in [1.165, 1.54) is 6.07 Å². The Bertz CT molecular complexity index is 1530. The van der Waals surface area contributed by atoms with E-state index in [1.54, 1.807) is 19.1 Å². The molecule has 0 bridgehead atoms. The lowest BCUT2D eigenvalue weighted by molar-refractivity contribution is 0.0656. The van der Waals surface area contributed by atoms with Crippen LogP contribution in [0.1, 0.15) is 18.3 Å². The van der Waals surface area contributed by atoms with Crippen molar-refractivity contribution in [3.63, 3.8) is 0 Å². The van der Waals surface area contributed by atoms with Crippen molar-refractivity contribution in [1.29, 1.82) is 5.26 Å². The lowest BCUT2D eigenvalue weighted by Crippen LogP contribution is -2.27. The van der Waals surface area contributed by atoms with Crippen molar-refractivity contribution in [2.24, 2.45) is 0 Å². The number of nitrogens with zero attached hydrogens (tertiary/aromatic N) is 5. The molecule has 2 aromatic heterocycles. The zero-order valence-electron chi connectivity index (χ0n) is 18.1. The van der Waals surface area contributed by atoms with Crippen molar-refractivity contribution >= 4 is 40.1 Å². The number of benzene rings is 2. The molecule has 0 saturated heterocycles. The molecule has 0 fully saturated rings. The minimum Gasteiger partial charge on any atom is -0.382 e. The van der Waals surface area contributed by atoms with Gasteiger partial charge in [0.05, 0.1) is 21.6 Å². The molecule has 0 radical (unpaired) electrons. The number of halogens is 3. The number of rotatable bonds is 6. The maximum absolute atomic E-state index is 14.0. The number of nitrogens with one attached hydrogen (secondary N) is 1. The maximum atomic E-state index is 14.0. The number of anilines is 3. The first kappa shape index (κ1) is 23.8. The molecule has 0 aliphatic rings. The standard InChI is InChI=1S/C22H17ClF2N8O2/c1-10(29-20-14(8-26)19(27)31-22(28)32-20)35-9-17-30-16-4-2-3-15(23)18(16)21(34)33(17)13-6-11(24)5-12(25)7-13/h2-7,10H,9H2,1H3,(H5,27,28,29,31,32). The second-order valence-corrected chi connectivity index (χ2v) is 7.74. The Morgan fingerprint density at radius 2 is 1.91 bits per heavy atom. The topological polar surface area (TPSA) is 158 Å². The SMILES string of the molecule is CC(Nc1nc(N)nc(N)c1C#N)OCc1nc2cccc(Cl)c2c(=O)n1-c1cc(F)cc(F)c1. The Morgan fingerprint density at radius 1 is 1.20 bits per heavy atom. The van der Waals surface area contributed by atoms with Crippen LogP contribution in [0.2, 0.25) is 5.02 Å². The van der Waals surface area contributed by atoms with E-state index in [0.29, 0.717) is 6.07 Å². The number of hydrogen-bond donors (Lipinski definition) is 3. The molecule has 0 saturated carbocycles. The molecule has 0 spiro atoms. The average Bonchev–Trinajstić information content (AvgIpc) is 2.76. The maximum Gasteiger partial charge on any atom is 0.267 e. The van der Waals surface area contributed by atoms with Gasteiger partial charge in [-0.3, -0.25) is 9.36 Å². The van der Waals surface area contributed by atoms with E-state index in [0.717, 1.165) is 16.7 Å². The number of nitriles is 1. The Kier molecular flexibility index (Phi) is 6.46. The summed E-state index contributed by atoms with van der Waals surface area (Å²) in [5.41, 5.74) is 10.8. The molecule has 2 aromatic carbocycles. The predicted octanol–water partition coefficient (Wildman–Crippen LogP) is 3.12. The number of aromatic nitrogens is 4. The van der Waals surface area contributed by atoms with Crippen LogP contribution in [-0.4, -0.2) is 25.7 Å². The monoisotopic (exact) mass is 498 g/mol. The summed E-state index contributed by atoms with van der Waals surface area (Å²) in [5, 5.41) is 12.4. The molecule has 5 N–H and O–H groups in total. The van der Waals surface area contributed by atoms with Crippen LogP contribution >= 0.6 is 11.6 Å². The van der Waals surface area contributed by atoms with Gasteiger partial charge in [-0.05, 0) is 31.2 Å². The number of fused-ring (bicyclic) bond motifs is 1. The normalized spacial score (nSPS) is 11.9. The molecule has 4 aromatic rings. The van der Waals surface area contributed by atoms with Crippen molar-refractivity contribution in [1.82, 2.24) is 19.5 Å². The molecule has 0 aliphatic carbocycles. The summed E-state index contributed by atoms with van der Waals surface area (Å²) in [6, 6.07) is 9.25. The van der Waals surface area contributed by atoms with Gasteiger partial charge in [0.2, 0.25) is 5.95 Å². The van der Waals surface area contributed by atoms with Crippen LogP contribution in [0.25, 0.3) is 16.6 Å². The Balaban J connectivity index is 1.73. The van der Waals surface area contributed by atoms with E-state index in [1.807, 2.05) is 6.07 Å². The zero-order chi connectivity index (χ0) is 25.3. The van der Waals surface area contributed by atoms with Gasteiger partial charge in [-0.2, -0.15) is 15.2 Å². The summed E-state index contributed by atoms with van der Waals surface area (Å²) in [5.74, 6) is -1.92. The number of nitrogen functional groups attached to an aromatic ring is 2. The molecular weight excluding hydrogens is 482 g/mol. The molecule has 4 rings (SSSR count). The highest BCUT2D eigenvalue weighted by atomic mass is 35.5. The molecule has 0 amide bonds. The Morgan fingerprint density at radius 3 is 2.60 bits per heavy atom. The molecule has 2 heterocycles. The average molecular weight is 499 g/mol. The van der Waals surface area contributed by atoms with Gasteiger partial charge in [-0.15, -0.1) is 0 Å². The molecule has 178 valence electrons. The van der Waals surface area contributed by atoms with E-state index in [4.69, 9.17) is 27.8 Å². The van der Waals surface area contributed by atoms with Crippen molar-refractivity contribution in [3.8, 4) is 11.8 Å². The number of ether oxygens (including phenoxy) is 1. The summed E-state index contributed by atoms with van der Waals surface area (Å²) in [6.45, 7) is 1.32. The van der Waals surface area contributed by atoms with Gasteiger partial charge in [0.1, 0.15) is 47.7 Å². The minimum absolute atomic E-state index is 0.0275. The van der Waals surface area contributed by atoms with Crippen LogP contribution in [0.3, 0.4) is 0 Å². The number of nitrogens with two attached hydrogens (primary N) is 2. The molecule has 0 aliphatic heterocycles. The van der Waals surface area contributed by atoms with Gasteiger partial charge < -0.3 is 21.5 Å². The van der Waals surface area contributed by atoms with Gasteiger partial charge in [0.15, 0.2) is 5.82 Å². The smallest absolute Gasteiger partial charge is 0.267 e. The van der Waals surface area contributed by atoms with Crippen molar-refractivity contribution < 1.29 is 13.5 Å². The van der Waals surface area contributed by atoms with Crippen molar-refractivity contribution in [2.45, 2.75) is 19.8 Å². The van der Waals surface area contributed by atoms with Gasteiger partial charge in [-0.1, -0.05) is 17.7 Å². The predicted molar refractivity (Wildman–Crippen MR) is 126 cm³/mol. The molecule has 35 heavy (non-hydrogen) atoms. The lowest BCUT2D eigenvalue weighted by atomic mass is 10.2. The van der Waals surface area contributed by atoms with Crippen LogP contribution in [0.4, 0.5) is 26.4 Å². The van der Waals surface area contributed by atoms with Crippen LogP contribution < -0.4 is 22.3 Å². The van der Waals surface area contributed by atoms with Crippen LogP contribution in [-0.2, 0) is 11.3 Å². The van der Waals surface area contributed by atoms with E-state index in [9.17, 15) is 18.8 Å². The van der Waals surface area contributed by atoms with Crippen LogP contribution in [0.15, 0.2) is 41.2 Å². The van der Waals surface area contributed by atoms with Crippen molar-refractivity contribution in [2.75, 3.05) is 16.8 Å². The fourth-order valence-electron chi connectivity index (χ4n) is 3.41. The Labute approximate surface area is 201 Å². The first-order valence-corrected chi connectivity index (χ1v) is 10.4. The summed E-state index contributed by atoms with van der Waals surface area (Å²) < 4.78 is 34.7. The van der Waals surface area contributed by atoms with Crippen LogP contribution in [0.5, 0.6) is 0 Å². The third-order valence-electron chi connectivity index (χ3n) is 4.89.